The third-order valence-electron chi connectivity index (χ3n) is 2.89. The number of aromatic carboxylic acids is 1. The molecule has 114 valence electrons. The molecule has 0 bridgehead atoms. The van der Waals surface area contributed by atoms with Crippen molar-refractivity contribution in [1.82, 2.24) is 0 Å². The SMILES string of the molecule is CCOc1ccc(C(=O)Nc2ccc(I)cc2C(=O)O)cc1. The monoisotopic (exact) mass is 411 g/mol. The Morgan fingerprint density at radius 2 is 1.86 bits per heavy atom. The van der Waals surface area contributed by atoms with Crippen molar-refractivity contribution in [2.75, 3.05) is 11.9 Å². The fraction of sp³-hybridized carbons (Fsp3) is 0.125. The average molecular weight is 411 g/mol. The summed E-state index contributed by atoms with van der Waals surface area (Å²) < 4.78 is 6.10. The maximum Gasteiger partial charge on any atom is 0.337 e. The first kappa shape index (κ1) is 16.3. The predicted molar refractivity (Wildman–Crippen MR) is 91.7 cm³/mol. The van der Waals surface area contributed by atoms with Gasteiger partial charge in [-0.05, 0) is 72.0 Å². The summed E-state index contributed by atoms with van der Waals surface area (Å²) in [5.74, 6) is -0.771. The van der Waals surface area contributed by atoms with Crippen LogP contribution in [0.25, 0.3) is 0 Å². The molecule has 0 fully saturated rings. The van der Waals surface area contributed by atoms with E-state index in [2.05, 4.69) is 5.32 Å². The molecule has 0 atom stereocenters. The summed E-state index contributed by atoms with van der Waals surface area (Å²) in [5, 5.41) is 11.8. The number of anilines is 1. The highest BCUT2D eigenvalue weighted by Gasteiger charge is 2.14. The fourth-order valence-electron chi connectivity index (χ4n) is 1.87. The molecule has 6 heteroatoms. The number of halogens is 1. The zero-order valence-corrected chi connectivity index (χ0v) is 14.0. The van der Waals surface area contributed by atoms with Crippen LogP contribution in [0, 0.1) is 3.57 Å². The molecule has 2 N–H and O–H groups in total. The molecule has 0 unspecified atom stereocenters. The molecule has 2 aromatic carbocycles. The number of amides is 1. The van der Waals surface area contributed by atoms with Crippen LogP contribution in [-0.4, -0.2) is 23.6 Å². The Balaban J connectivity index is 2.20. The standard InChI is InChI=1S/C16H14INO4/c1-2-22-12-6-3-10(4-7-12)15(19)18-14-8-5-11(17)9-13(14)16(20)21/h3-9H,2H2,1H3,(H,18,19)(H,20,21). The van der Waals surface area contributed by atoms with Gasteiger partial charge in [0.2, 0.25) is 0 Å². The molecule has 2 aromatic rings. The van der Waals surface area contributed by atoms with Crippen LogP contribution >= 0.6 is 22.6 Å². The van der Waals surface area contributed by atoms with E-state index in [0.29, 0.717) is 17.9 Å². The van der Waals surface area contributed by atoms with Crippen LogP contribution in [-0.2, 0) is 0 Å². The van der Waals surface area contributed by atoms with E-state index in [4.69, 9.17) is 4.74 Å². The number of hydrogen-bond acceptors (Lipinski definition) is 3. The van der Waals surface area contributed by atoms with Crippen molar-refractivity contribution >= 4 is 40.2 Å². The number of benzene rings is 2. The molecular weight excluding hydrogens is 397 g/mol. The van der Waals surface area contributed by atoms with Gasteiger partial charge in [0.05, 0.1) is 17.9 Å². The molecule has 0 spiro atoms. The largest absolute Gasteiger partial charge is 0.494 e. The fourth-order valence-corrected chi connectivity index (χ4v) is 2.36. The first-order valence-electron chi connectivity index (χ1n) is 6.58. The Kier molecular flexibility index (Phi) is 5.37. The Morgan fingerprint density at radius 3 is 2.45 bits per heavy atom. The minimum atomic E-state index is -1.08. The number of carboxylic acids is 1. The molecular formula is C16H14INO4. The molecule has 0 heterocycles. The van der Waals surface area contributed by atoms with Crippen molar-refractivity contribution in [3.05, 3.63) is 57.2 Å². The molecule has 0 saturated heterocycles. The number of nitrogens with one attached hydrogen (secondary N) is 1. The van der Waals surface area contributed by atoms with Crippen LogP contribution in [0.1, 0.15) is 27.6 Å². The lowest BCUT2D eigenvalue weighted by Gasteiger charge is -2.09. The number of carbonyl (C=O) groups excluding carboxylic acids is 1. The molecule has 0 saturated carbocycles. The van der Waals surface area contributed by atoms with Crippen molar-refractivity contribution in [3.8, 4) is 5.75 Å². The highest BCUT2D eigenvalue weighted by Crippen LogP contribution is 2.20. The second-order valence-corrected chi connectivity index (χ2v) is 5.65. The Bertz CT molecular complexity index is 698. The molecule has 5 nitrogen and oxygen atoms in total. The van der Waals surface area contributed by atoms with E-state index in [-0.39, 0.29) is 17.2 Å². The molecule has 1 amide bonds. The third kappa shape index (κ3) is 3.97. The summed E-state index contributed by atoms with van der Waals surface area (Å²) in [4.78, 5) is 23.4. The van der Waals surface area contributed by atoms with Gasteiger partial charge in [-0.1, -0.05) is 0 Å². The zero-order chi connectivity index (χ0) is 16.1. The summed E-state index contributed by atoms with van der Waals surface area (Å²) in [5.41, 5.74) is 0.760. The lowest BCUT2D eigenvalue weighted by molar-refractivity contribution is 0.0698. The highest BCUT2D eigenvalue weighted by atomic mass is 127. The summed E-state index contributed by atoms with van der Waals surface area (Å²) in [6, 6.07) is 11.5. The summed E-state index contributed by atoms with van der Waals surface area (Å²) in [6.45, 7) is 2.43. The number of rotatable bonds is 5. The van der Waals surface area contributed by atoms with Gasteiger partial charge in [-0.2, -0.15) is 0 Å². The van der Waals surface area contributed by atoms with Crippen molar-refractivity contribution in [3.63, 3.8) is 0 Å². The Labute approximate surface area is 141 Å². The normalized spacial score (nSPS) is 10.1. The van der Waals surface area contributed by atoms with Crippen LogP contribution in [0.15, 0.2) is 42.5 Å². The van der Waals surface area contributed by atoms with E-state index in [1.54, 1.807) is 36.4 Å². The molecule has 0 aliphatic rings. The topological polar surface area (TPSA) is 75.6 Å². The van der Waals surface area contributed by atoms with Gasteiger partial charge in [0.1, 0.15) is 5.75 Å². The summed E-state index contributed by atoms with van der Waals surface area (Å²) in [7, 11) is 0. The minimum Gasteiger partial charge on any atom is -0.494 e. The molecule has 0 radical (unpaired) electrons. The summed E-state index contributed by atoms with van der Waals surface area (Å²) >= 11 is 2.02. The van der Waals surface area contributed by atoms with E-state index in [1.807, 2.05) is 29.5 Å². The second-order valence-electron chi connectivity index (χ2n) is 4.41. The predicted octanol–water partition coefficient (Wildman–Crippen LogP) is 3.64. The van der Waals surface area contributed by atoms with E-state index >= 15 is 0 Å². The van der Waals surface area contributed by atoms with Crippen LogP contribution in [0.2, 0.25) is 0 Å². The van der Waals surface area contributed by atoms with Gasteiger partial charge in [0.25, 0.3) is 5.91 Å². The molecule has 0 aliphatic carbocycles. The lowest BCUT2D eigenvalue weighted by Crippen LogP contribution is -2.15. The van der Waals surface area contributed by atoms with Crippen LogP contribution in [0.3, 0.4) is 0 Å². The average Bonchev–Trinajstić information content (AvgIpc) is 2.50. The molecule has 2 rings (SSSR count). The number of ether oxygens (including phenoxy) is 1. The van der Waals surface area contributed by atoms with Crippen LogP contribution in [0.4, 0.5) is 5.69 Å². The molecule has 0 aromatic heterocycles. The van der Waals surface area contributed by atoms with Crippen molar-refractivity contribution in [2.45, 2.75) is 6.92 Å². The van der Waals surface area contributed by atoms with Crippen molar-refractivity contribution in [2.24, 2.45) is 0 Å². The molecule has 22 heavy (non-hydrogen) atoms. The second kappa shape index (κ2) is 7.26. The van der Waals surface area contributed by atoms with E-state index in [0.717, 1.165) is 3.57 Å². The highest BCUT2D eigenvalue weighted by molar-refractivity contribution is 14.1. The van der Waals surface area contributed by atoms with Gasteiger partial charge in [0.15, 0.2) is 0 Å². The Hall–Kier alpha value is -2.09. The van der Waals surface area contributed by atoms with Crippen LogP contribution < -0.4 is 10.1 Å². The lowest BCUT2D eigenvalue weighted by atomic mass is 10.1. The minimum absolute atomic E-state index is 0.0613. The first-order chi connectivity index (χ1) is 10.5. The maximum absolute atomic E-state index is 12.2. The first-order valence-corrected chi connectivity index (χ1v) is 7.66. The van der Waals surface area contributed by atoms with Crippen molar-refractivity contribution in [1.29, 1.82) is 0 Å². The van der Waals surface area contributed by atoms with Gasteiger partial charge in [0, 0.05) is 9.13 Å². The van der Waals surface area contributed by atoms with E-state index < -0.39 is 5.97 Å². The van der Waals surface area contributed by atoms with E-state index in [1.165, 1.54) is 6.07 Å². The van der Waals surface area contributed by atoms with Crippen molar-refractivity contribution < 1.29 is 19.4 Å². The summed E-state index contributed by atoms with van der Waals surface area (Å²) in [6.07, 6.45) is 0. The maximum atomic E-state index is 12.2. The van der Waals surface area contributed by atoms with Gasteiger partial charge < -0.3 is 15.2 Å². The smallest absolute Gasteiger partial charge is 0.337 e. The van der Waals surface area contributed by atoms with Gasteiger partial charge in [-0.25, -0.2) is 4.79 Å². The number of carboxylic acid groups (broad SMARTS) is 1. The van der Waals surface area contributed by atoms with Gasteiger partial charge in [-0.15, -0.1) is 0 Å². The quantitative estimate of drug-likeness (QED) is 0.737. The van der Waals surface area contributed by atoms with Gasteiger partial charge in [-0.3, -0.25) is 4.79 Å². The van der Waals surface area contributed by atoms with Crippen LogP contribution in [0.5, 0.6) is 5.75 Å². The number of carbonyl (C=O) groups is 2. The Morgan fingerprint density at radius 1 is 1.18 bits per heavy atom. The van der Waals surface area contributed by atoms with Gasteiger partial charge >= 0.3 is 5.97 Å². The zero-order valence-electron chi connectivity index (χ0n) is 11.8. The van der Waals surface area contributed by atoms with E-state index in [9.17, 15) is 14.7 Å². The molecule has 0 aliphatic heterocycles. The number of hydrogen-bond donors (Lipinski definition) is 2. The third-order valence-corrected chi connectivity index (χ3v) is 3.56.